The van der Waals surface area contributed by atoms with Crippen LogP contribution in [0.2, 0.25) is 0 Å². The number of rotatable bonds is 7. The second kappa shape index (κ2) is 7.92. The predicted molar refractivity (Wildman–Crippen MR) is 63.4 cm³/mol. The molecular formula is C10H22N4O2. The Morgan fingerprint density at radius 2 is 2.12 bits per heavy atom. The minimum Gasteiger partial charge on any atom is -0.409 e. The quantitative estimate of drug-likeness (QED) is 0.214. The summed E-state index contributed by atoms with van der Waals surface area (Å²) in [6.07, 6.45) is 1.30. The van der Waals surface area contributed by atoms with E-state index in [9.17, 15) is 4.79 Å². The van der Waals surface area contributed by atoms with Crippen LogP contribution in [-0.4, -0.2) is 35.6 Å². The molecule has 0 aromatic carbocycles. The van der Waals surface area contributed by atoms with Crippen molar-refractivity contribution < 1.29 is 10.0 Å². The van der Waals surface area contributed by atoms with E-state index in [0.29, 0.717) is 13.0 Å². The van der Waals surface area contributed by atoms with Crippen molar-refractivity contribution in [1.82, 2.24) is 10.6 Å². The van der Waals surface area contributed by atoms with Crippen LogP contribution in [0.5, 0.6) is 0 Å². The Morgan fingerprint density at radius 1 is 1.50 bits per heavy atom. The Kier molecular flexibility index (Phi) is 7.28. The largest absolute Gasteiger partial charge is 0.409 e. The Hall–Kier alpha value is -1.30. The number of amides is 1. The van der Waals surface area contributed by atoms with Gasteiger partial charge in [0.05, 0.1) is 6.04 Å². The van der Waals surface area contributed by atoms with Gasteiger partial charge in [-0.05, 0) is 20.3 Å². The van der Waals surface area contributed by atoms with Gasteiger partial charge in [0.25, 0.3) is 0 Å². The van der Waals surface area contributed by atoms with E-state index >= 15 is 0 Å². The first-order chi connectivity index (χ1) is 7.51. The normalized spacial score (nSPS) is 15.6. The van der Waals surface area contributed by atoms with Crippen LogP contribution in [0.25, 0.3) is 0 Å². The van der Waals surface area contributed by atoms with Gasteiger partial charge >= 0.3 is 0 Å². The Balaban J connectivity index is 3.70. The number of carbonyl (C=O) groups excluding carboxylic acids is 1. The number of hydrogen-bond acceptors (Lipinski definition) is 4. The third-order valence-electron chi connectivity index (χ3n) is 2.38. The van der Waals surface area contributed by atoms with Gasteiger partial charge in [0.2, 0.25) is 5.91 Å². The second-order valence-electron chi connectivity index (χ2n) is 3.83. The molecule has 16 heavy (non-hydrogen) atoms. The summed E-state index contributed by atoms with van der Waals surface area (Å²) in [5.74, 6) is 0.121. The summed E-state index contributed by atoms with van der Waals surface area (Å²) in [5, 5.41) is 17.1. The molecule has 0 aromatic heterocycles. The fraction of sp³-hybridized carbons (Fsp3) is 0.800. The van der Waals surface area contributed by atoms with Crippen molar-refractivity contribution in [3.8, 4) is 0 Å². The van der Waals surface area contributed by atoms with Crippen LogP contribution in [0.15, 0.2) is 5.16 Å². The molecule has 0 bridgehead atoms. The smallest absolute Gasteiger partial charge is 0.221 e. The molecule has 94 valence electrons. The van der Waals surface area contributed by atoms with Crippen molar-refractivity contribution >= 4 is 11.7 Å². The van der Waals surface area contributed by atoms with Gasteiger partial charge in [-0.15, -0.1) is 0 Å². The lowest BCUT2D eigenvalue weighted by atomic mass is 10.2. The van der Waals surface area contributed by atoms with Crippen LogP contribution in [-0.2, 0) is 4.79 Å². The number of carbonyl (C=O) groups is 1. The number of nitrogens with one attached hydrogen (secondary N) is 2. The number of amidine groups is 1. The topological polar surface area (TPSA) is 99.7 Å². The van der Waals surface area contributed by atoms with Gasteiger partial charge in [0.1, 0.15) is 0 Å². The number of oxime groups is 1. The molecule has 0 aliphatic heterocycles. The maximum Gasteiger partial charge on any atom is 0.221 e. The lowest BCUT2D eigenvalue weighted by Gasteiger charge is -2.13. The first-order valence-electron chi connectivity index (χ1n) is 5.51. The molecular weight excluding hydrogens is 208 g/mol. The van der Waals surface area contributed by atoms with Crippen LogP contribution in [0.1, 0.15) is 33.6 Å². The summed E-state index contributed by atoms with van der Waals surface area (Å²) >= 11 is 0. The Morgan fingerprint density at radius 3 is 2.62 bits per heavy atom. The molecule has 0 aliphatic carbocycles. The summed E-state index contributed by atoms with van der Waals surface area (Å²) in [6, 6.07) is -0.0320. The third-order valence-corrected chi connectivity index (χ3v) is 2.38. The first-order valence-corrected chi connectivity index (χ1v) is 5.51. The average Bonchev–Trinajstić information content (AvgIpc) is 2.27. The van der Waals surface area contributed by atoms with E-state index in [4.69, 9.17) is 10.9 Å². The number of nitrogens with two attached hydrogens (primary N) is 1. The highest BCUT2D eigenvalue weighted by atomic mass is 16.4. The zero-order valence-electron chi connectivity index (χ0n) is 10.2. The molecule has 6 heteroatoms. The van der Waals surface area contributed by atoms with Crippen molar-refractivity contribution in [1.29, 1.82) is 0 Å². The van der Waals surface area contributed by atoms with E-state index in [2.05, 4.69) is 15.8 Å². The van der Waals surface area contributed by atoms with E-state index in [1.165, 1.54) is 0 Å². The van der Waals surface area contributed by atoms with Gasteiger partial charge in [-0.3, -0.25) is 4.79 Å². The van der Waals surface area contributed by atoms with Gasteiger partial charge in [0, 0.05) is 19.0 Å². The Bertz CT molecular complexity index is 243. The average molecular weight is 230 g/mol. The van der Waals surface area contributed by atoms with Crippen LogP contribution >= 0.6 is 0 Å². The lowest BCUT2D eigenvalue weighted by Crippen LogP contribution is -2.41. The molecule has 0 fully saturated rings. The second-order valence-corrected chi connectivity index (χ2v) is 3.83. The standard InChI is InChI=1S/C10H22N4O2/c1-4-7(2)13-9(15)5-6-12-8(3)10(11)14-16/h7-8,12,16H,4-6H2,1-3H3,(H2,11,14)(H,13,15). The van der Waals surface area contributed by atoms with Crippen LogP contribution in [0.3, 0.4) is 0 Å². The maximum atomic E-state index is 11.4. The summed E-state index contributed by atoms with van der Waals surface area (Å²) in [6.45, 7) is 6.25. The van der Waals surface area contributed by atoms with Gasteiger partial charge in [-0.1, -0.05) is 12.1 Å². The highest BCUT2D eigenvalue weighted by Crippen LogP contribution is 1.90. The van der Waals surface area contributed by atoms with E-state index in [-0.39, 0.29) is 23.8 Å². The predicted octanol–water partition coefficient (Wildman–Crippen LogP) is 0.0157. The van der Waals surface area contributed by atoms with Gasteiger partial charge in [-0.25, -0.2) is 0 Å². The minimum absolute atomic E-state index is 0.00792. The van der Waals surface area contributed by atoms with Gasteiger partial charge < -0.3 is 21.6 Å². The van der Waals surface area contributed by atoms with Crippen LogP contribution in [0, 0.1) is 0 Å². The van der Waals surface area contributed by atoms with Crippen molar-refractivity contribution in [2.45, 2.75) is 45.7 Å². The van der Waals surface area contributed by atoms with Gasteiger partial charge in [0.15, 0.2) is 5.84 Å². The summed E-state index contributed by atoms with van der Waals surface area (Å²) < 4.78 is 0. The summed E-state index contributed by atoms with van der Waals surface area (Å²) in [7, 11) is 0. The number of hydrogen-bond donors (Lipinski definition) is 4. The molecule has 0 saturated carbocycles. The zero-order valence-corrected chi connectivity index (χ0v) is 10.2. The number of nitrogens with zero attached hydrogens (tertiary/aromatic N) is 1. The fourth-order valence-electron chi connectivity index (χ4n) is 1.04. The molecule has 2 unspecified atom stereocenters. The molecule has 0 aromatic rings. The van der Waals surface area contributed by atoms with Crippen molar-refractivity contribution in [2.75, 3.05) is 6.54 Å². The van der Waals surface area contributed by atoms with Crippen molar-refractivity contribution in [3.63, 3.8) is 0 Å². The van der Waals surface area contributed by atoms with Crippen LogP contribution < -0.4 is 16.4 Å². The molecule has 0 saturated heterocycles. The van der Waals surface area contributed by atoms with E-state index in [1.807, 2.05) is 13.8 Å². The zero-order chi connectivity index (χ0) is 12.6. The highest BCUT2D eigenvalue weighted by molar-refractivity contribution is 5.84. The Labute approximate surface area is 96.3 Å². The monoisotopic (exact) mass is 230 g/mol. The molecule has 0 spiro atoms. The lowest BCUT2D eigenvalue weighted by molar-refractivity contribution is -0.121. The molecule has 5 N–H and O–H groups in total. The molecule has 0 heterocycles. The fourth-order valence-corrected chi connectivity index (χ4v) is 1.04. The molecule has 0 aliphatic rings. The SMILES string of the molecule is CCC(C)NC(=O)CCNC(C)C(N)=NO. The van der Waals surface area contributed by atoms with E-state index < -0.39 is 0 Å². The summed E-state index contributed by atoms with van der Waals surface area (Å²) in [5.41, 5.74) is 5.37. The summed E-state index contributed by atoms with van der Waals surface area (Å²) in [4.78, 5) is 11.4. The minimum atomic E-state index is -0.235. The van der Waals surface area contributed by atoms with Crippen molar-refractivity contribution in [2.24, 2.45) is 10.9 Å². The molecule has 0 rings (SSSR count). The molecule has 6 nitrogen and oxygen atoms in total. The van der Waals surface area contributed by atoms with Gasteiger partial charge in [-0.2, -0.15) is 0 Å². The first kappa shape index (κ1) is 14.7. The third kappa shape index (κ3) is 6.23. The van der Waals surface area contributed by atoms with Crippen LogP contribution in [0.4, 0.5) is 0 Å². The molecule has 1 amide bonds. The molecule has 2 atom stereocenters. The van der Waals surface area contributed by atoms with E-state index in [0.717, 1.165) is 6.42 Å². The van der Waals surface area contributed by atoms with Crippen molar-refractivity contribution in [3.05, 3.63) is 0 Å². The molecule has 0 radical (unpaired) electrons. The maximum absolute atomic E-state index is 11.4. The van der Waals surface area contributed by atoms with E-state index in [1.54, 1.807) is 6.92 Å². The highest BCUT2D eigenvalue weighted by Gasteiger charge is 2.08.